The van der Waals surface area contributed by atoms with Crippen molar-refractivity contribution >= 4 is 11.8 Å². The molecule has 0 radical (unpaired) electrons. The van der Waals surface area contributed by atoms with Crippen molar-refractivity contribution in [3.05, 3.63) is 0 Å². The zero-order valence-corrected chi connectivity index (χ0v) is 7.50. The Labute approximate surface area is 68.0 Å². The molecule has 1 atom stereocenters. The third kappa shape index (κ3) is 6.00. The fourth-order valence-electron chi connectivity index (χ4n) is 0.691. The van der Waals surface area contributed by atoms with Crippen molar-refractivity contribution < 1.29 is 0 Å². The summed E-state index contributed by atoms with van der Waals surface area (Å²) in [6, 6.07) is 0. The summed E-state index contributed by atoms with van der Waals surface area (Å²) < 4.78 is 0. The van der Waals surface area contributed by atoms with Gasteiger partial charge >= 0.3 is 0 Å². The van der Waals surface area contributed by atoms with Gasteiger partial charge in [0, 0.05) is 11.8 Å². The van der Waals surface area contributed by atoms with Gasteiger partial charge in [-0.15, -0.1) is 6.42 Å². The first-order chi connectivity index (χ1) is 4.81. The maximum Gasteiger partial charge on any atom is 0.0574 e. The average Bonchev–Trinajstić information content (AvgIpc) is 1.89. The van der Waals surface area contributed by atoms with E-state index in [4.69, 9.17) is 6.42 Å². The van der Waals surface area contributed by atoms with Gasteiger partial charge in [0.2, 0.25) is 0 Å². The molecule has 0 aliphatic heterocycles. The van der Waals surface area contributed by atoms with Gasteiger partial charge in [-0.05, 0) is 5.75 Å². The van der Waals surface area contributed by atoms with Gasteiger partial charge in [-0.1, -0.05) is 19.8 Å². The van der Waals surface area contributed by atoms with Crippen LogP contribution >= 0.6 is 11.8 Å². The van der Waals surface area contributed by atoms with Crippen LogP contribution in [0.15, 0.2) is 0 Å². The minimum absolute atomic E-state index is 0.679. The highest BCUT2D eigenvalue weighted by molar-refractivity contribution is 7.99. The second kappa shape index (κ2) is 6.98. The lowest BCUT2D eigenvalue weighted by molar-refractivity contribution is 0.748. The molecular weight excluding hydrogens is 142 g/mol. The van der Waals surface area contributed by atoms with E-state index < -0.39 is 0 Å². The fraction of sp³-hybridized carbons (Fsp3) is 0.750. The Balaban J connectivity index is 3.06. The molecule has 0 fully saturated rings. The molecule has 0 saturated carbocycles. The van der Waals surface area contributed by atoms with Gasteiger partial charge in [0.25, 0.3) is 0 Å². The normalized spacial score (nSPS) is 12.5. The minimum atomic E-state index is 0.679. The van der Waals surface area contributed by atoms with Crippen molar-refractivity contribution in [1.82, 2.24) is 5.32 Å². The Morgan fingerprint density at radius 2 is 2.40 bits per heavy atom. The molecule has 0 aromatic rings. The fourth-order valence-corrected chi connectivity index (χ4v) is 1.50. The molecule has 10 heavy (non-hydrogen) atoms. The van der Waals surface area contributed by atoms with Crippen LogP contribution in [0.5, 0.6) is 0 Å². The van der Waals surface area contributed by atoms with Crippen LogP contribution < -0.4 is 5.32 Å². The van der Waals surface area contributed by atoms with Crippen LogP contribution in [0.1, 0.15) is 13.8 Å². The minimum Gasteiger partial charge on any atom is -0.305 e. The van der Waals surface area contributed by atoms with Crippen LogP contribution in [0, 0.1) is 12.3 Å². The van der Waals surface area contributed by atoms with E-state index >= 15 is 0 Å². The quantitative estimate of drug-likeness (QED) is 0.477. The SMILES string of the molecule is C#CCNCC(C)SCC. The highest BCUT2D eigenvalue weighted by Crippen LogP contribution is 2.06. The molecule has 0 aliphatic carbocycles. The summed E-state index contributed by atoms with van der Waals surface area (Å²) in [7, 11) is 0. The lowest BCUT2D eigenvalue weighted by Gasteiger charge is -2.08. The standard InChI is InChI=1S/C8H15NS/c1-4-6-9-7-8(3)10-5-2/h1,8-9H,5-7H2,2-3H3. The van der Waals surface area contributed by atoms with Crippen LogP contribution in [0.4, 0.5) is 0 Å². The van der Waals surface area contributed by atoms with Crippen LogP contribution in [-0.2, 0) is 0 Å². The molecule has 1 unspecified atom stereocenters. The number of thioether (sulfide) groups is 1. The van der Waals surface area contributed by atoms with Crippen molar-refractivity contribution in [3.63, 3.8) is 0 Å². The Morgan fingerprint density at radius 1 is 1.70 bits per heavy atom. The molecule has 0 rings (SSSR count). The van der Waals surface area contributed by atoms with Gasteiger partial charge in [-0.2, -0.15) is 11.8 Å². The van der Waals surface area contributed by atoms with E-state index in [0.29, 0.717) is 11.8 Å². The third-order valence-electron chi connectivity index (χ3n) is 1.11. The van der Waals surface area contributed by atoms with Gasteiger partial charge < -0.3 is 5.32 Å². The lowest BCUT2D eigenvalue weighted by atomic mass is 10.4. The van der Waals surface area contributed by atoms with Gasteiger partial charge in [0.05, 0.1) is 6.54 Å². The summed E-state index contributed by atoms with van der Waals surface area (Å²) >= 11 is 1.95. The van der Waals surface area contributed by atoms with Crippen LogP contribution in [0.2, 0.25) is 0 Å². The average molecular weight is 157 g/mol. The summed E-state index contributed by atoms with van der Waals surface area (Å²) in [4.78, 5) is 0. The second-order valence-corrected chi connectivity index (χ2v) is 3.82. The van der Waals surface area contributed by atoms with E-state index in [1.165, 1.54) is 5.75 Å². The van der Waals surface area contributed by atoms with Gasteiger partial charge in [0.15, 0.2) is 0 Å². The monoisotopic (exact) mass is 157 g/mol. The van der Waals surface area contributed by atoms with Gasteiger partial charge in [-0.3, -0.25) is 0 Å². The van der Waals surface area contributed by atoms with E-state index in [2.05, 4.69) is 25.1 Å². The van der Waals surface area contributed by atoms with Gasteiger partial charge in [-0.25, -0.2) is 0 Å². The van der Waals surface area contributed by atoms with E-state index in [0.717, 1.165) is 6.54 Å². The van der Waals surface area contributed by atoms with Crippen LogP contribution in [0.25, 0.3) is 0 Å². The summed E-state index contributed by atoms with van der Waals surface area (Å²) in [5.41, 5.74) is 0. The summed E-state index contributed by atoms with van der Waals surface area (Å²) in [5, 5.41) is 3.84. The number of hydrogen-bond donors (Lipinski definition) is 1. The highest BCUT2D eigenvalue weighted by Gasteiger charge is 1.97. The third-order valence-corrected chi connectivity index (χ3v) is 2.18. The smallest absolute Gasteiger partial charge is 0.0574 e. The summed E-state index contributed by atoms with van der Waals surface area (Å²) in [6.45, 7) is 6.08. The molecule has 0 spiro atoms. The first-order valence-corrected chi connectivity index (χ1v) is 4.62. The summed E-state index contributed by atoms with van der Waals surface area (Å²) in [5.74, 6) is 3.72. The Bertz CT molecular complexity index is 106. The Morgan fingerprint density at radius 3 is 2.90 bits per heavy atom. The molecule has 0 bridgehead atoms. The molecule has 0 aliphatic rings. The summed E-state index contributed by atoms with van der Waals surface area (Å²) in [6.07, 6.45) is 5.07. The second-order valence-electron chi connectivity index (χ2n) is 2.10. The topological polar surface area (TPSA) is 12.0 Å². The Hall–Kier alpha value is -0.130. The van der Waals surface area contributed by atoms with Gasteiger partial charge in [0.1, 0.15) is 0 Å². The van der Waals surface area contributed by atoms with Crippen molar-refractivity contribution in [2.24, 2.45) is 0 Å². The van der Waals surface area contributed by atoms with E-state index in [9.17, 15) is 0 Å². The molecule has 0 saturated heterocycles. The maximum atomic E-state index is 5.07. The molecule has 0 amide bonds. The number of rotatable bonds is 5. The van der Waals surface area contributed by atoms with Crippen LogP contribution in [-0.4, -0.2) is 24.1 Å². The number of terminal acetylenes is 1. The van der Waals surface area contributed by atoms with E-state index in [1.807, 2.05) is 11.8 Å². The van der Waals surface area contributed by atoms with Crippen molar-refractivity contribution in [3.8, 4) is 12.3 Å². The van der Waals surface area contributed by atoms with E-state index in [1.54, 1.807) is 0 Å². The van der Waals surface area contributed by atoms with Crippen molar-refractivity contribution in [1.29, 1.82) is 0 Å². The molecule has 1 nitrogen and oxygen atoms in total. The predicted octanol–water partition coefficient (Wildman–Crippen LogP) is 1.35. The van der Waals surface area contributed by atoms with E-state index in [-0.39, 0.29) is 0 Å². The van der Waals surface area contributed by atoms with Crippen molar-refractivity contribution in [2.75, 3.05) is 18.8 Å². The maximum absolute atomic E-state index is 5.07. The predicted molar refractivity (Wildman–Crippen MR) is 49.3 cm³/mol. The largest absolute Gasteiger partial charge is 0.305 e. The highest BCUT2D eigenvalue weighted by atomic mass is 32.2. The number of nitrogens with one attached hydrogen (secondary N) is 1. The number of hydrogen-bond acceptors (Lipinski definition) is 2. The molecule has 0 aromatic carbocycles. The molecule has 2 heteroatoms. The molecule has 0 heterocycles. The van der Waals surface area contributed by atoms with Crippen molar-refractivity contribution in [2.45, 2.75) is 19.1 Å². The molecule has 0 aromatic heterocycles. The van der Waals surface area contributed by atoms with Crippen LogP contribution in [0.3, 0.4) is 0 Å². The molecular formula is C8H15NS. The first kappa shape index (κ1) is 9.87. The molecule has 1 N–H and O–H groups in total. The zero-order valence-electron chi connectivity index (χ0n) is 6.68. The Kier molecular flexibility index (Phi) is 6.89. The molecule has 58 valence electrons. The lowest BCUT2D eigenvalue weighted by Crippen LogP contribution is -2.22. The zero-order chi connectivity index (χ0) is 7.82. The first-order valence-electron chi connectivity index (χ1n) is 3.57.